The molecule has 1 rings (SSSR count). The van der Waals surface area contributed by atoms with Gasteiger partial charge in [0.05, 0.1) is 12.0 Å². The van der Waals surface area contributed by atoms with E-state index in [2.05, 4.69) is 17.2 Å². The van der Waals surface area contributed by atoms with Gasteiger partial charge in [-0.1, -0.05) is 6.08 Å². The van der Waals surface area contributed by atoms with E-state index in [9.17, 15) is 9.59 Å². The number of carboxylic acid groups (broad SMARTS) is 1. The van der Waals surface area contributed by atoms with Crippen molar-refractivity contribution in [2.45, 2.75) is 31.2 Å². The van der Waals surface area contributed by atoms with Crippen LogP contribution in [0.25, 0.3) is 0 Å². The molecule has 0 bridgehead atoms. The summed E-state index contributed by atoms with van der Waals surface area (Å²) >= 11 is 0. The summed E-state index contributed by atoms with van der Waals surface area (Å²) in [5.41, 5.74) is -0.531. The number of rotatable bonds is 5. The third kappa shape index (κ3) is 3.27. The molecule has 0 spiro atoms. The molecule has 0 aliphatic heterocycles. The topological polar surface area (TPSA) is 78.4 Å². The van der Waals surface area contributed by atoms with E-state index in [1.165, 1.54) is 0 Å². The first-order valence-corrected chi connectivity index (χ1v) is 4.97. The Kier molecular flexibility index (Phi) is 3.71. The van der Waals surface area contributed by atoms with Gasteiger partial charge in [-0.3, -0.25) is 4.79 Å². The van der Waals surface area contributed by atoms with E-state index in [0.717, 1.165) is 19.3 Å². The standard InChI is InChI=1S/C10H16N2O3/c1-2-6-11-9(15)12-10(4-3-5-10)7-8(13)14/h2H,1,3-7H2,(H,13,14)(H2,11,12,15). The fourth-order valence-electron chi connectivity index (χ4n) is 1.69. The summed E-state index contributed by atoms with van der Waals surface area (Å²) in [7, 11) is 0. The first kappa shape index (κ1) is 11.6. The molecule has 1 aliphatic rings. The third-order valence-corrected chi connectivity index (χ3v) is 2.59. The number of hydrogen-bond donors (Lipinski definition) is 3. The average molecular weight is 212 g/mol. The monoisotopic (exact) mass is 212 g/mol. The summed E-state index contributed by atoms with van der Waals surface area (Å²) in [5, 5.41) is 14.0. The molecule has 15 heavy (non-hydrogen) atoms. The van der Waals surface area contributed by atoms with E-state index < -0.39 is 11.5 Å². The van der Waals surface area contributed by atoms with E-state index in [4.69, 9.17) is 5.11 Å². The van der Waals surface area contributed by atoms with Crippen molar-refractivity contribution in [2.75, 3.05) is 6.54 Å². The summed E-state index contributed by atoms with van der Waals surface area (Å²) in [6.07, 6.45) is 4.01. The van der Waals surface area contributed by atoms with E-state index in [1.54, 1.807) is 6.08 Å². The lowest BCUT2D eigenvalue weighted by Gasteiger charge is -2.41. The maximum Gasteiger partial charge on any atom is 0.315 e. The molecule has 3 N–H and O–H groups in total. The molecule has 1 fully saturated rings. The molecule has 0 radical (unpaired) electrons. The van der Waals surface area contributed by atoms with Gasteiger partial charge in [-0.2, -0.15) is 0 Å². The van der Waals surface area contributed by atoms with Crippen molar-refractivity contribution in [1.29, 1.82) is 0 Å². The van der Waals surface area contributed by atoms with Crippen LogP contribution in [0.5, 0.6) is 0 Å². The molecule has 1 saturated carbocycles. The lowest BCUT2D eigenvalue weighted by Crippen LogP contribution is -2.57. The SMILES string of the molecule is C=CCNC(=O)NC1(CC(=O)O)CCC1. The Labute approximate surface area is 88.5 Å². The van der Waals surface area contributed by atoms with E-state index >= 15 is 0 Å². The van der Waals surface area contributed by atoms with Crippen LogP contribution < -0.4 is 10.6 Å². The van der Waals surface area contributed by atoms with Gasteiger partial charge in [0.1, 0.15) is 0 Å². The molecule has 0 heterocycles. The van der Waals surface area contributed by atoms with Crippen LogP contribution in [-0.4, -0.2) is 29.2 Å². The molecule has 1 aliphatic carbocycles. The smallest absolute Gasteiger partial charge is 0.315 e. The molecular weight excluding hydrogens is 196 g/mol. The van der Waals surface area contributed by atoms with Gasteiger partial charge in [0.15, 0.2) is 0 Å². The molecule has 5 nitrogen and oxygen atoms in total. The number of carboxylic acids is 1. The minimum atomic E-state index is -0.876. The molecule has 0 aromatic rings. The van der Waals surface area contributed by atoms with Crippen molar-refractivity contribution in [3.63, 3.8) is 0 Å². The number of aliphatic carboxylic acids is 1. The van der Waals surface area contributed by atoms with Gasteiger partial charge >= 0.3 is 12.0 Å². The van der Waals surface area contributed by atoms with Crippen molar-refractivity contribution in [2.24, 2.45) is 0 Å². The Hall–Kier alpha value is -1.52. The lowest BCUT2D eigenvalue weighted by molar-refractivity contribution is -0.139. The fourth-order valence-corrected chi connectivity index (χ4v) is 1.69. The van der Waals surface area contributed by atoms with Crippen LogP contribution in [0.2, 0.25) is 0 Å². The van der Waals surface area contributed by atoms with Crippen LogP contribution in [0.15, 0.2) is 12.7 Å². The zero-order valence-electron chi connectivity index (χ0n) is 8.58. The highest BCUT2D eigenvalue weighted by Crippen LogP contribution is 2.34. The Balaban J connectivity index is 2.42. The minimum Gasteiger partial charge on any atom is -0.481 e. The lowest BCUT2D eigenvalue weighted by atomic mass is 9.74. The van der Waals surface area contributed by atoms with Gasteiger partial charge in [-0.05, 0) is 19.3 Å². The van der Waals surface area contributed by atoms with E-state index in [1.807, 2.05) is 0 Å². The van der Waals surface area contributed by atoms with Crippen LogP contribution in [0.3, 0.4) is 0 Å². The highest BCUT2D eigenvalue weighted by atomic mass is 16.4. The third-order valence-electron chi connectivity index (χ3n) is 2.59. The van der Waals surface area contributed by atoms with E-state index in [0.29, 0.717) is 6.54 Å². The van der Waals surface area contributed by atoms with Gasteiger partial charge in [-0.15, -0.1) is 6.58 Å². The van der Waals surface area contributed by atoms with E-state index in [-0.39, 0.29) is 12.5 Å². The highest BCUT2D eigenvalue weighted by Gasteiger charge is 2.40. The molecule has 5 heteroatoms. The Morgan fingerprint density at radius 2 is 2.13 bits per heavy atom. The average Bonchev–Trinajstić information content (AvgIpc) is 2.10. The number of amides is 2. The Morgan fingerprint density at radius 3 is 2.53 bits per heavy atom. The van der Waals surface area contributed by atoms with Gasteiger partial charge in [0.2, 0.25) is 0 Å². The van der Waals surface area contributed by atoms with Crippen LogP contribution in [0.1, 0.15) is 25.7 Å². The Bertz CT molecular complexity index is 272. The summed E-state index contributed by atoms with van der Waals surface area (Å²) in [6, 6.07) is -0.323. The zero-order valence-corrected chi connectivity index (χ0v) is 8.58. The Morgan fingerprint density at radius 1 is 1.47 bits per heavy atom. The maximum atomic E-state index is 11.3. The second-order valence-electron chi connectivity index (χ2n) is 3.83. The molecule has 0 aromatic carbocycles. The van der Waals surface area contributed by atoms with Gasteiger partial charge in [0, 0.05) is 6.54 Å². The zero-order chi connectivity index (χ0) is 11.3. The number of carbonyl (C=O) groups is 2. The summed E-state index contributed by atoms with van der Waals surface area (Å²) in [6.45, 7) is 3.86. The van der Waals surface area contributed by atoms with Crippen molar-refractivity contribution in [1.82, 2.24) is 10.6 Å². The summed E-state index contributed by atoms with van der Waals surface area (Å²) in [5.74, 6) is -0.876. The largest absolute Gasteiger partial charge is 0.481 e. The molecule has 0 atom stereocenters. The van der Waals surface area contributed by atoms with Gasteiger partial charge in [0.25, 0.3) is 0 Å². The molecule has 0 saturated heterocycles. The normalized spacial score (nSPS) is 17.3. The highest BCUT2D eigenvalue weighted by molar-refractivity contribution is 5.77. The number of urea groups is 1. The summed E-state index contributed by atoms with van der Waals surface area (Å²) < 4.78 is 0. The van der Waals surface area contributed by atoms with Crippen molar-refractivity contribution in [3.8, 4) is 0 Å². The predicted molar refractivity (Wildman–Crippen MR) is 55.6 cm³/mol. The first-order chi connectivity index (χ1) is 7.08. The fraction of sp³-hybridized carbons (Fsp3) is 0.600. The molecule has 84 valence electrons. The molecule has 2 amide bonds. The predicted octanol–water partition coefficient (Wildman–Crippen LogP) is 0.869. The van der Waals surface area contributed by atoms with Crippen molar-refractivity contribution in [3.05, 3.63) is 12.7 Å². The number of hydrogen-bond acceptors (Lipinski definition) is 2. The number of nitrogens with one attached hydrogen (secondary N) is 2. The maximum absolute atomic E-state index is 11.3. The molecule has 0 unspecified atom stereocenters. The van der Waals surface area contributed by atoms with Crippen LogP contribution in [-0.2, 0) is 4.79 Å². The van der Waals surface area contributed by atoms with Gasteiger partial charge < -0.3 is 15.7 Å². The van der Waals surface area contributed by atoms with Gasteiger partial charge in [-0.25, -0.2) is 4.79 Å². The van der Waals surface area contributed by atoms with Crippen molar-refractivity contribution < 1.29 is 14.7 Å². The molecule has 0 aromatic heterocycles. The number of carbonyl (C=O) groups excluding carboxylic acids is 1. The summed E-state index contributed by atoms with van der Waals surface area (Å²) in [4.78, 5) is 21.9. The quantitative estimate of drug-likeness (QED) is 0.592. The first-order valence-electron chi connectivity index (χ1n) is 4.97. The van der Waals surface area contributed by atoms with Crippen LogP contribution in [0, 0.1) is 0 Å². The van der Waals surface area contributed by atoms with Crippen LogP contribution in [0.4, 0.5) is 4.79 Å². The van der Waals surface area contributed by atoms with Crippen LogP contribution >= 0.6 is 0 Å². The second-order valence-corrected chi connectivity index (χ2v) is 3.83. The molecular formula is C10H16N2O3. The van der Waals surface area contributed by atoms with Crippen molar-refractivity contribution >= 4 is 12.0 Å². The minimum absolute atomic E-state index is 0.00545. The second kappa shape index (κ2) is 4.82.